The Balaban J connectivity index is 1.84. The minimum atomic E-state index is 0.655. The molecule has 0 spiro atoms. The summed E-state index contributed by atoms with van der Waals surface area (Å²) in [6.07, 6.45) is 1.90. The molecule has 4 heteroatoms. The molecule has 0 aliphatic rings. The second-order valence-electron chi connectivity index (χ2n) is 5.46. The van der Waals surface area contributed by atoms with E-state index >= 15 is 0 Å². The van der Waals surface area contributed by atoms with E-state index in [2.05, 4.69) is 22.1 Å². The fraction of sp³-hybridized carbons (Fsp3) is 0.100. The monoisotopic (exact) mass is 315 g/mol. The van der Waals surface area contributed by atoms with E-state index in [0.29, 0.717) is 12.4 Å². The van der Waals surface area contributed by atoms with E-state index in [1.807, 2.05) is 61.7 Å². The van der Waals surface area contributed by atoms with Gasteiger partial charge in [-0.1, -0.05) is 30.3 Å². The molecule has 2 heterocycles. The van der Waals surface area contributed by atoms with Crippen LogP contribution in [0.15, 0.2) is 66.9 Å². The van der Waals surface area contributed by atoms with E-state index in [0.717, 1.165) is 33.6 Å². The fourth-order valence-corrected chi connectivity index (χ4v) is 2.75. The summed E-state index contributed by atoms with van der Waals surface area (Å²) in [5.41, 5.74) is 3.82. The van der Waals surface area contributed by atoms with Gasteiger partial charge in [0.15, 0.2) is 5.82 Å². The van der Waals surface area contributed by atoms with Gasteiger partial charge >= 0.3 is 0 Å². The summed E-state index contributed by atoms with van der Waals surface area (Å²) < 4.78 is 5.50. The predicted molar refractivity (Wildman–Crippen MR) is 95.9 cm³/mol. The molecule has 0 atom stereocenters. The summed E-state index contributed by atoms with van der Waals surface area (Å²) in [5, 5.41) is 1.02. The number of aromatic nitrogens is 3. The van der Waals surface area contributed by atoms with Crippen LogP contribution in [0.3, 0.4) is 0 Å². The van der Waals surface area contributed by atoms with Gasteiger partial charge in [-0.15, -0.1) is 0 Å². The highest BCUT2D eigenvalue weighted by molar-refractivity contribution is 5.92. The van der Waals surface area contributed by atoms with Gasteiger partial charge in [-0.2, -0.15) is 0 Å². The van der Waals surface area contributed by atoms with Crippen molar-refractivity contribution in [3.05, 3.63) is 66.9 Å². The molecule has 118 valence electrons. The first-order chi connectivity index (χ1) is 11.8. The minimum absolute atomic E-state index is 0.655. The van der Waals surface area contributed by atoms with Crippen LogP contribution in [0.2, 0.25) is 0 Å². The van der Waals surface area contributed by atoms with Gasteiger partial charge in [-0.3, -0.25) is 0 Å². The molecule has 0 unspecified atom stereocenters. The third-order valence-corrected chi connectivity index (χ3v) is 3.89. The van der Waals surface area contributed by atoms with Crippen LogP contribution < -0.4 is 4.74 Å². The zero-order chi connectivity index (χ0) is 16.4. The lowest BCUT2D eigenvalue weighted by Gasteiger charge is -2.08. The summed E-state index contributed by atoms with van der Waals surface area (Å²) in [5.74, 6) is 1.55. The fourth-order valence-electron chi connectivity index (χ4n) is 2.75. The van der Waals surface area contributed by atoms with Crippen LogP contribution in [0.4, 0.5) is 0 Å². The standard InChI is InChI=1S/C20H17N3O/c1-2-24-16-10-8-15(9-11-16)19-22-18(14-6-4-3-5-7-14)17-12-13-21-20(17)23-19/h3-13H,2H2,1H3,(H,21,22,23). The Labute approximate surface area is 140 Å². The average Bonchev–Trinajstić information content (AvgIpc) is 3.11. The lowest BCUT2D eigenvalue weighted by Crippen LogP contribution is -1.95. The minimum Gasteiger partial charge on any atom is -0.494 e. The average molecular weight is 315 g/mol. The van der Waals surface area contributed by atoms with Crippen LogP contribution >= 0.6 is 0 Å². The Morgan fingerprint density at radius 3 is 2.42 bits per heavy atom. The van der Waals surface area contributed by atoms with E-state index < -0.39 is 0 Å². The van der Waals surface area contributed by atoms with E-state index in [1.54, 1.807) is 0 Å². The maximum Gasteiger partial charge on any atom is 0.162 e. The van der Waals surface area contributed by atoms with Crippen molar-refractivity contribution in [2.24, 2.45) is 0 Å². The summed E-state index contributed by atoms with van der Waals surface area (Å²) >= 11 is 0. The molecule has 4 rings (SSSR count). The van der Waals surface area contributed by atoms with Crippen molar-refractivity contribution < 1.29 is 4.74 Å². The van der Waals surface area contributed by atoms with E-state index in [4.69, 9.17) is 9.72 Å². The molecule has 2 aromatic carbocycles. The van der Waals surface area contributed by atoms with Gasteiger partial charge in [-0.05, 0) is 37.3 Å². The SMILES string of the molecule is CCOc1ccc(-c2nc(-c3ccccc3)c3cc[nH]c3n2)cc1. The molecule has 0 saturated carbocycles. The van der Waals surface area contributed by atoms with E-state index in [1.165, 1.54) is 0 Å². The number of nitrogens with one attached hydrogen (secondary N) is 1. The van der Waals surface area contributed by atoms with Crippen LogP contribution in [-0.4, -0.2) is 21.6 Å². The van der Waals surface area contributed by atoms with Gasteiger partial charge in [0.1, 0.15) is 11.4 Å². The predicted octanol–water partition coefficient (Wildman–Crippen LogP) is 4.69. The normalized spacial score (nSPS) is 10.9. The van der Waals surface area contributed by atoms with Crippen LogP contribution in [0.25, 0.3) is 33.7 Å². The molecule has 1 N–H and O–H groups in total. The topological polar surface area (TPSA) is 50.8 Å². The number of nitrogens with zero attached hydrogens (tertiary/aromatic N) is 2. The van der Waals surface area contributed by atoms with Crippen LogP contribution in [0, 0.1) is 0 Å². The summed E-state index contributed by atoms with van der Waals surface area (Å²) in [6.45, 7) is 2.63. The van der Waals surface area contributed by atoms with Gasteiger partial charge in [-0.25, -0.2) is 9.97 Å². The van der Waals surface area contributed by atoms with Crippen LogP contribution in [0.5, 0.6) is 5.75 Å². The second-order valence-corrected chi connectivity index (χ2v) is 5.46. The maximum atomic E-state index is 5.50. The van der Waals surface area contributed by atoms with Crippen LogP contribution in [0.1, 0.15) is 6.92 Å². The van der Waals surface area contributed by atoms with Crippen molar-refractivity contribution in [3.63, 3.8) is 0 Å². The number of H-pyrrole nitrogens is 1. The van der Waals surface area contributed by atoms with Crippen molar-refractivity contribution in [2.45, 2.75) is 6.92 Å². The largest absolute Gasteiger partial charge is 0.494 e. The van der Waals surface area contributed by atoms with Gasteiger partial charge < -0.3 is 9.72 Å². The smallest absolute Gasteiger partial charge is 0.162 e. The van der Waals surface area contributed by atoms with Gasteiger partial charge in [0, 0.05) is 22.7 Å². The van der Waals surface area contributed by atoms with Crippen molar-refractivity contribution >= 4 is 11.0 Å². The van der Waals surface area contributed by atoms with Gasteiger partial charge in [0.05, 0.1) is 12.3 Å². The molecule has 0 amide bonds. The first-order valence-corrected chi connectivity index (χ1v) is 7.99. The maximum absolute atomic E-state index is 5.50. The molecule has 24 heavy (non-hydrogen) atoms. The van der Waals surface area contributed by atoms with Crippen molar-refractivity contribution in [2.75, 3.05) is 6.61 Å². The highest BCUT2D eigenvalue weighted by atomic mass is 16.5. The van der Waals surface area contributed by atoms with Crippen molar-refractivity contribution in [1.29, 1.82) is 0 Å². The zero-order valence-corrected chi connectivity index (χ0v) is 13.4. The van der Waals surface area contributed by atoms with Crippen LogP contribution in [-0.2, 0) is 0 Å². The summed E-state index contributed by atoms with van der Waals surface area (Å²) in [7, 11) is 0. The number of rotatable bonds is 4. The highest BCUT2D eigenvalue weighted by Crippen LogP contribution is 2.29. The number of fused-ring (bicyclic) bond motifs is 1. The Hall–Kier alpha value is -3.14. The molecular formula is C20H17N3O. The molecule has 0 aliphatic heterocycles. The Morgan fingerprint density at radius 2 is 1.67 bits per heavy atom. The summed E-state index contributed by atoms with van der Waals surface area (Å²) in [6, 6.07) is 20.1. The molecule has 0 fully saturated rings. The van der Waals surface area contributed by atoms with Crippen molar-refractivity contribution in [3.8, 4) is 28.4 Å². The molecule has 0 bridgehead atoms. The molecule has 0 aliphatic carbocycles. The molecule has 0 saturated heterocycles. The lowest BCUT2D eigenvalue weighted by atomic mass is 10.1. The first kappa shape index (κ1) is 14.5. The van der Waals surface area contributed by atoms with E-state index in [9.17, 15) is 0 Å². The first-order valence-electron chi connectivity index (χ1n) is 7.99. The highest BCUT2D eigenvalue weighted by Gasteiger charge is 2.12. The number of hydrogen-bond acceptors (Lipinski definition) is 3. The van der Waals surface area contributed by atoms with Gasteiger partial charge in [0.25, 0.3) is 0 Å². The molecule has 2 aromatic heterocycles. The molecule has 0 radical (unpaired) electrons. The quantitative estimate of drug-likeness (QED) is 0.594. The Bertz CT molecular complexity index is 959. The third-order valence-electron chi connectivity index (χ3n) is 3.89. The lowest BCUT2D eigenvalue weighted by molar-refractivity contribution is 0.340. The number of benzene rings is 2. The Kier molecular flexibility index (Phi) is 3.71. The zero-order valence-electron chi connectivity index (χ0n) is 13.4. The van der Waals surface area contributed by atoms with Crippen molar-refractivity contribution in [1.82, 2.24) is 15.0 Å². The number of aromatic amines is 1. The second kappa shape index (κ2) is 6.16. The molecular weight excluding hydrogens is 298 g/mol. The third kappa shape index (κ3) is 2.63. The number of ether oxygens (including phenoxy) is 1. The van der Waals surface area contributed by atoms with E-state index in [-0.39, 0.29) is 0 Å². The van der Waals surface area contributed by atoms with Gasteiger partial charge in [0.2, 0.25) is 0 Å². The summed E-state index contributed by atoms with van der Waals surface area (Å²) in [4.78, 5) is 12.7. The number of hydrogen-bond donors (Lipinski definition) is 1. The Morgan fingerprint density at radius 1 is 0.875 bits per heavy atom. The molecule has 4 aromatic rings. The molecule has 4 nitrogen and oxygen atoms in total.